The van der Waals surface area contributed by atoms with E-state index in [9.17, 15) is 4.39 Å². The third-order valence-electron chi connectivity index (χ3n) is 2.28. The van der Waals surface area contributed by atoms with E-state index in [1.54, 1.807) is 18.2 Å². The first kappa shape index (κ1) is 13.7. The van der Waals surface area contributed by atoms with Crippen LogP contribution in [0, 0.1) is 5.82 Å². The monoisotopic (exact) mass is 291 g/mol. The van der Waals surface area contributed by atoms with Gasteiger partial charge in [0.05, 0.1) is 5.69 Å². The number of benzene rings is 2. The zero-order valence-corrected chi connectivity index (χ0v) is 11.5. The van der Waals surface area contributed by atoms with E-state index in [2.05, 4.69) is 4.98 Å². The molecular formula is C15H11ClFNS. The number of aromatic nitrogens is 1. The van der Waals surface area contributed by atoms with Crippen LogP contribution in [0.3, 0.4) is 0 Å². The fourth-order valence-electron chi connectivity index (χ4n) is 1.41. The maximum Gasteiger partial charge on any atom is 0.184 e. The molecule has 0 radical (unpaired) electrons. The first-order chi connectivity index (χ1) is 9.25. The van der Waals surface area contributed by atoms with Gasteiger partial charge in [-0.2, -0.15) is 0 Å². The second-order valence-electron chi connectivity index (χ2n) is 3.65. The summed E-state index contributed by atoms with van der Waals surface area (Å²) < 4.78 is 12.5. The smallest absolute Gasteiger partial charge is 0.184 e. The number of hydrogen-bond acceptors (Lipinski definition) is 2. The molecule has 1 heterocycles. The lowest BCUT2D eigenvalue weighted by molar-refractivity contribution is 0.628. The SMILES string of the molecule is Clc1nc(-c2ccccc2)cs1.Fc1ccccc1. The van der Waals surface area contributed by atoms with Crippen LogP contribution < -0.4 is 0 Å². The van der Waals surface area contributed by atoms with Crippen LogP contribution in [0.5, 0.6) is 0 Å². The fraction of sp³-hybridized carbons (Fsp3) is 0. The van der Waals surface area contributed by atoms with E-state index < -0.39 is 0 Å². The molecule has 1 nitrogen and oxygen atoms in total. The van der Waals surface area contributed by atoms with Crippen molar-refractivity contribution in [3.05, 3.63) is 76.3 Å². The summed E-state index contributed by atoms with van der Waals surface area (Å²) in [4.78, 5) is 4.16. The Bertz CT molecular complexity index is 610. The molecule has 0 N–H and O–H groups in total. The Labute approximate surface area is 120 Å². The molecule has 0 aliphatic heterocycles. The van der Waals surface area contributed by atoms with Crippen molar-refractivity contribution in [1.82, 2.24) is 4.98 Å². The highest BCUT2D eigenvalue weighted by molar-refractivity contribution is 7.14. The first-order valence-corrected chi connectivity index (χ1v) is 6.88. The summed E-state index contributed by atoms with van der Waals surface area (Å²) in [5, 5.41) is 1.96. The van der Waals surface area contributed by atoms with Gasteiger partial charge in [0.1, 0.15) is 5.82 Å². The molecule has 0 fully saturated rings. The molecule has 0 saturated carbocycles. The number of nitrogens with zero attached hydrogens (tertiary/aromatic N) is 1. The van der Waals surface area contributed by atoms with Gasteiger partial charge in [-0.05, 0) is 12.1 Å². The highest BCUT2D eigenvalue weighted by Crippen LogP contribution is 2.23. The predicted molar refractivity (Wildman–Crippen MR) is 79.0 cm³/mol. The van der Waals surface area contributed by atoms with Crippen molar-refractivity contribution in [1.29, 1.82) is 0 Å². The highest BCUT2D eigenvalue weighted by atomic mass is 35.5. The topological polar surface area (TPSA) is 12.9 Å². The minimum Gasteiger partial charge on any atom is -0.225 e. The lowest BCUT2D eigenvalue weighted by Crippen LogP contribution is -1.74. The maximum atomic E-state index is 11.9. The van der Waals surface area contributed by atoms with Crippen LogP contribution >= 0.6 is 22.9 Å². The molecule has 0 amide bonds. The Hall–Kier alpha value is -1.71. The van der Waals surface area contributed by atoms with Gasteiger partial charge in [-0.3, -0.25) is 0 Å². The van der Waals surface area contributed by atoms with Crippen LogP contribution in [-0.2, 0) is 0 Å². The highest BCUT2D eigenvalue weighted by Gasteiger charge is 2.00. The van der Waals surface area contributed by atoms with Crippen molar-refractivity contribution in [2.45, 2.75) is 0 Å². The molecule has 3 aromatic rings. The van der Waals surface area contributed by atoms with E-state index in [-0.39, 0.29) is 5.82 Å². The zero-order valence-electron chi connectivity index (χ0n) is 9.96. The predicted octanol–water partition coefficient (Wildman–Crippen LogP) is 5.29. The molecule has 96 valence electrons. The summed E-state index contributed by atoms with van der Waals surface area (Å²) in [6.07, 6.45) is 0. The standard InChI is InChI=1S/C9H6ClNS.C6H5F/c10-9-11-8(6-12-9)7-4-2-1-3-5-7;7-6-4-2-1-3-5-6/h1-6H;1-5H. The van der Waals surface area contributed by atoms with Gasteiger partial charge in [0.25, 0.3) is 0 Å². The number of rotatable bonds is 1. The summed E-state index contributed by atoms with van der Waals surface area (Å²) >= 11 is 7.17. The molecule has 19 heavy (non-hydrogen) atoms. The Balaban J connectivity index is 0.000000163. The largest absolute Gasteiger partial charge is 0.225 e. The lowest BCUT2D eigenvalue weighted by atomic mass is 10.2. The molecule has 2 aromatic carbocycles. The summed E-state index contributed by atoms with van der Waals surface area (Å²) in [5.74, 6) is -0.178. The van der Waals surface area contributed by atoms with Crippen LogP contribution in [0.1, 0.15) is 0 Å². The molecule has 0 atom stereocenters. The molecular weight excluding hydrogens is 281 g/mol. The van der Waals surface area contributed by atoms with E-state index in [0.717, 1.165) is 11.3 Å². The van der Waals surface area contributed by atoms with Gasteiger partial charge in [0, 0.05) is 10.9 Å². The molecule has 4 heteroatoms. The Morgan fingerprint density at radius 2 is 1.47 bits per heavy atom. The average Bonchev–Trinajstić information content (AvgIpc) is 2.88. The summed E-state index contributed by atoms with van der Waals surface area (Å²) in [7, 11) is 0. The summed E-state index contributed by atoms with van der Waals surface area (Å²) in [6.45, 7) is 0. The van der Waals surface area contributed by atoms with Crippen molar-refractivity contribution in [3.63, 3.8) is 0 Å². The van der Waals surface area contributed by atoms with Crippen LogP contribution in [0.25, 0.3) is 11.3 Å². The van der Waals surface area contributed by atoms with E-state index in [1.165, 1.54) is 23.5 Å². The summed E-state index contributed by atoms with van der Waals surface area (Å²) in [5.41, 5.74) is 2.06. The van der Waals surface area contributed by atoms with Crippen molar-refractivity contribution in [3.8, 4) is 11.3 Å². The molecule has 0 aliphatic carbocycles. The van der Waals surface area contributed by atoms with Crippen molar-refractivity contribution >= 4 is 22.9 Å². The first-order valence-electron chi connectivity index (χ1n) is 5.63. The van der Waals surface area contributed by atoms with Crippen molar-refractivity contribution < 1.29 is 4.39 Å². The summed E-state index contributed by atoms with van der Waals surface area (Å²) in [6, 6.07) is 17.9. The van der Waals surface area contributed by atoms with E-state index in [4.69, 9.17) is 11.6 Å². The number of thiazole rings is 1. The minimum atomic E-state index is -0.178. The van der Waals surface area contributed by atoms with Gasteiger partial charge >= 0.3 is 0 Å². The van der Waals surface area contributed by atoms with Gasteiger partial charge in [-0.25, -0.2) is 9.37 Å². The molecule has 0 saturated heterocycles. The van der Waals surface area contributed by atoms with Gasteiger partial charge in [-0.1, -0.05) is 60.1 Å². The maximum absolute atomic E-state index is 11.9. The van der Waals surface area contributed by atoms with E-state index in [0.29, 0.717) is 4.47 Å². The number of halogens is 2. The van der Waals surface area contributed by atoms with Crippen LogP contribution in [-0.4, -0.2) is 4.98 Å². The van der Waals surface area contributed by atoms with Crippen LogP contribution in [0.15, 0.2) is 66.0 Å². The third-order valence-corrected chi connectivity index (χ3v) is 3.26. The lowest BCUT2D eigenvalue weighted by Gasteiger charge is -1.92. The Kier molecular flexibility index (Phi) is 5.07. The molecule has 0 spiro atoms. The molecule has 1 aromatic heterocycles. The molecule has 0 aliphatic rings. The quantitative estimate of drug-likeness (QED) is 0.594. The van der Waals surface area contributed by atoms with Gasteiger partial charge < -0.3 is 0 Å². The van der Waals surface area contributed by atoms with Gasteiger partial charge in [0.2, 0.25) is 0 Å². The molecule has 3 rings (SSSR count). The molecule has 0 unspecified atom stereocenters. The zero-order chi connectivity index (χ0) is 13.5. The van der Waals surface area contributed by atoms with Crippen molar-refractivity contribution in [2.75, 3.05) is 0 Å². The van der Waals surface area contributed by atoms with E-state index >= 15 is 0 Å². The van der Waals surface area contributed by atoms with Crippen LogP contribution in [0.2, 0.25) is 4.47 Å². The Morgan fingerprint density at radius 3 is 1.89 bits per heavy atom. The average molecular weight is 292 g/mol. The second kappa shape index (κ2) is 7.02. The van der Waals surface area contributed by atoms with Crippen molar-refractivity contribution in [2.24, 2.45) is 0 Å². The van der Waals surface area contributed by atoms with Gasteiger partial charge in [-0.15, -0.1) is 11.3 Å². The fourth-order valence-corrected chi connectivity index (χ4v) is 2.18. The van der Waals surface area contributed by atoms with Gasteiger partial charge in [0.15, 0.2) is 4.47 Å². The third kappa shape index (κ3) is 4.47. The molecule has 0 bridgehead atoms. The van der Waals surface area contributed by atoms with E-state index in [1.807, 2.05) is 35.7 Å². The van der Waals surface area contributed by atoms with Crippen LogP contribution in [0.4, 0.5) is 4.39 Å². The second-order valence-corrected chi connectivity index (χ2v) is 5.09. The Morgan fingerprint density at radius 1 is 0.895 bits per heavy atom. The number of hydrogen-bond donors (Lipinski definition) is 0. The minimum absolute atomic E-state index is 0.178. The normalized spacial score (nSPS) is 9.58.